The first-order chi connectivity index (χ1) is 8.96. The summed E-state index contributed by atoms with van der Waals surface area (Å²) in [5.74, 6) is 0.743. The van der Waals surface area contributed by atoms with Crippen LogP contribution in [0.25, 0.3) is 0 Å². The SMILES string of the molecule is CC(C)CN(CC1CCCN1)C1CCOC(C)(C)C1. The van der Waals surface area contributed by atoms with Gasteiger partial charge in [0, 0.05) is 31.8 Å². The van der Waals surface area contributed by atoms with Gasteiger partial charge in [-0.25, -0.2) is 0 Å². The summed E-state index contributed by atoms with van der Waals surface area (Å²) in [6.45, 7) is 13.7. The standard InChI is InChI=1S/C16H32N2O/c1-13(2)11-18(12-14-6-5-8-17-14)15-7-9-19-16(3,4)10-15/h13-15,17H,5-12H2,1-4H3. The molecule has 0 spiro atoms. The summed E-state index contributed by atoms with van der Waals surface area (Å²) in [7, 11) is 0. The van der Waals surface area contributed by atoms with E-state index in [0.29, 0.717) is 12.1 Å². The Labute approximate surface area is 119 Å². The highest BCUT2D eigenvalue weighted by Gasteiger charge is 2.33. The molecule has 2 fully saturated rings. The Bertz CT molecular complexity index is 272. The average molecular weight is 268 g/mol. The van der Waals surface area contributed by atoms with Gasteiger partial charge in [-0.3, -0.25) is 4.90 Å². The lowest BCUT2D eigenvalue weighted by atomic mass is 9.92. The second-order valence-electron chi connectivity index (χ2n) is 7.40. The fraction of sp³-hybridized carbons (Fsp3) is 1.00. The molecule has 2 rings (SSSR count). The van der Waals surface area contributed by atoms with Crippen LogP contribution in [0.3, 0.4) is 0 Å². The lowest BCUT2D eigenvalue weighted by molar-refractivity contribution is -0.0853. The van der Waals surface area contributed by atoms with Crippen molar-refractivity contribution in [1.29, 1.82) is 0 Å². The van der Waals surface area contributed by atoms with Crippen molar-refractivity contribution in [2.45, 2.75) is 71.1 Å². The molecule has 2 aliphatic heterocycles. The molecule has 0 aromatic carbocycles. The number of nitrogens with one attached hydrogen (secondary N) is 1. The van der Waals surface area contributed by atoms with Gasteiger partial charge in [0.2, 0.25) is 0 Å². The molecule has 2 saturated heterocycles. The van der Waals surface area contributed by atoms with Gasteiger partial charge in [0.05, 0.1) is 5.60 Å². The molecule has 19 heavy (non-hydrogen) atoms. The zero-order valence-electron chi connectivity index (χ0n) is 13.2. The maximum atomic E-state index is 5.88. The molecule has 0 amide bonds. The second-order valence-corrected chi connectivity index (χ2v) is 7.40. The van der Waals surface area contributed by atoms with Crippen LogP contribution in [-0.2, 0) is 4.74 Å². The van der Waals surface area contributed by atoms with E-state index in [1.165, 1.54) is 45.3 Å². The molecule has 2 atom stereocenters. The van der Waals surface area contributed by atoms with Crippen molar-refractivity contribution in [3.63, 3.8) is 0 Å². The van der Waals surface area contributed by atoms with Crippen molar-refractivity contribution in [2.75, 3.05) is 26.2 Å². The maximum Gasteiger partial charge on any atom is 0.0641 e. The normalized spacial score (nSPS) is 31.3. The third-order valence-electron chi connectivity index (χ3n) is 4.40. The third kappa shape index (κ3) is 4.73. The molecule has 2 heterocycles. The number of hydrogen-bond donors (Lipinski definition) is 1. The largest absolute Gasteiger partial charge is 0.375 e. The van der Waals surface area contributed by atoms with Gasteiger partial charge in [-0.2, -0.15) is 0 Å². The zero-order chi connectivity index (χ0) is 13.9. The summed E-state index contributed by atoms with van der Waals surface area (Å²) < 4.78 is 5.88. The Morgan fingerprint density at radius 3 is 2.68 bits per heavy atom. The molecule has 0 saturated carbocycles. The van der Waals surface area contributed by atoms with E-state index < -0.39 is 0 Å². The summed E-state index contributed by atoms with van der Waals surface area (Å²) in [6.07, 6.45) is 5.07. The fourth-order valence-electron chi connectivity index (χ4n) is 3.55. The van der Waals surface area contributed by atoms with E-state index in [9.17, 15) is 0 Å². The van der Waals surface area contributed by atoms with Crippen molar-refractivity contribution in [1.82, 2.24) is 10.2 Å². The van der Waals surface area contributed by atoms with Crippen LogP contribution in [-0.4, -0.2) is 48.8 Å². The Morgan fingerprint density at radius 2 is 2.11 bits per heavy atom. The quantitative estimate of drug-likeness (QED) is 0.829. The van der Waals surface area contributed by atoms with Gasteiger partial charge < -0.3 is 10.1 Å². The molecule has 0 aliphatic carbocycles. The number of hydrogen-bond acceptors (Lipinski definition) is 3. The first kappa shape index (κ1) is 15.3. The van der Waals surface area contributed by atoms with Gasteiger partial charge in [0.25, 0.3) is 0 Å². The monoisotopic (exact) mass is 268 g/mol. The summed E-state index contributed by atoms with van der Waals surface area (Å²) in [6, 6.07) is 1.42. The van der Waals surface area contributed by atoms with Crippen molar-refractivity contribution in [2.24, 2.45) is 5.92 Å². The zero-order valence-corrected chi connectivity index (χ0v) is 13.2. The highest BCUT2D eigenvalue weighted by molar-refractivity contribution is 4.88. The molecule has 2 aliphatic rings. The Balaban J connectivity index is 1.95. The van der Waals surface area contributed by atoms with Crippen LogP contribution in [0, 0.1) is 5.92 Å². The summed E-state index contributed by atoms with van der Waals surface area (Å²) in [5, 5.41) is 3.65. The van der Waals surface area contributed by atoms with Gasteiger partial charge in [0.1, 0.15) is 0 Å². The van der Waals surface area contributed by atoms with Crippen LogP contribution >= 0.6 is 0 Å². The Morgan fingerprint density at radius 1 is 1.32 bits per heavy atom. The first-order valence-corrected chi connectivity index (χ1v) is 8.08. The molecular formula is C16H32N2O. The lowest BCUT2D eigenvalue weighted by Crippen LogP contribution is -2.50. The van der Waals surface area contributed by atoms with Crippen molar-refractivity contribution in [3.8, 4) is 0 Å². The van der Waals surface area contributed by atoms with Gasteiger partial charge in [-0.15, -0.1) is 0 Å². The average Bonchev–Trinajstić information content (AvgIpc) is 2.79. The van der Waals surface area contributed by atoms with E-state index in [1.54, 1.807) is 0 Å². The highest BCUT2D eigenvalue weighted by Crippen LogP contribution is 2.28. The summed E-state index contributed by atoms with van der Waals surface area (Å²) in [5.41, 5.74) is 0.0568. The summed E-state index contributed by atoms with van der Waals surface area (Å²) in [4.78, 5) is 2.73. The lowest BCUT2D eigenvalue weighted by Gasteiger charge is -2.42. The predicted octanol–water partition coefficient (Wildman–Crippen LogP) is 2.65. The topological polar surface area (TPSA) is 24.5 Å². The molecule has 0 aromatic rings. The van der Waals surface area contributed by atoms with E-state index >= 15 is 0 Å². The van der Waals surface area contributed by atoms with Crippen molar-refractivity contribution >= 4 is 0 Å². The molecule has 2 unspecified atom stereocenters. The minimum Gasteiger partial charge on any atom is -0.375 e. The van der Waals surface area contributed by atoms with Crippen molar-refractivity contribution in [3.05, 3.63) is 0 Å². The Hall–Kier alpha value is -0.120. The first-order valence-electron chi connectivity index (χ1n) is 8.08. The molecule has 3 nitrogen and oxygen atoms in total. The maximum absolute atomic E-state index is 5.88. The predicted molar refractivity (Wildman–Crippen MR) is 80.5 cm³/mol. The van der Waals surface area contributed by atoms with E-state index in [1.807, 2.05) is 0 Å². The number of nitrogens with zero attached hydrogens (tertiary/aromatic N) is 1. The molecule has 112 valence electrons. The molecule has 1 N–H and O–H groups in total. The van der Waals surface area contributed by atoms with Crippen LogP contribution < -0.4 is 5.32 Å². The molecule has 3 heteroatoms. The minimum atomic E-state index is 0.0568. The Kier molecular flexibility index (Phi) is 5.27. The van der Waals surface area contributed by atoms with Gasteiger partial charge >= 0.3 is 0 Å². The van der Waals surface area contributed by atoms with E-state index in [2.05, 4.69) is 37.9 Å². The van der Waals surface area contributed by atoms with Crippen LogP contribution in [0.15, 0.2) is 0 Å². The molecule has 0 aromatic heterocycles. The summed E-state index contributed by atoms with van der Waals surface area (Å²) >= 11 is 0. The van der Waals surface area contributed by atoms with Crippen LogP contribution in [0.1, 0.15) is 53.4 Å². The molecular weight excluding hydrogens is 236 g/mol. The van der Waals surface area contributed by atoms with Gasteiger partial charge in [-0.1, -0.05) is 13.8 Å². The smallest absolute Gasteiger partial charge is 0.0641 e. The number of rotatable bonds is 5. The minimum absolute atomic E-state index is 0.0568. The van der Waals surface area contributed by atoms with E-state index in [-0.39, 0.29) is 5.60 Å². The highest BCUT2D eigenvalue weighted by atomic mass is 16.5. The fourth-order valence-corrected chi connectivity index (χ4v) is 3.55. The van der Waals surface area contributed by atoms with Crippen LogP contribution in [0.4, 0.5) is 0 Å². The third-order valence-corrected chi connectivity index (χ3v) is 4.40. The van der Waals surface area contributed by atoms with E-state index in [0.717, 1.165) is 12.5 Å². The van der Waals surface area contributed by atoms with Gasteiger partial charge in [0.15, 0.2) is 0 Å². The van der Waals surface area contributed by atoms with Crippen LogP contribution in [0.2, 0.25) is 0 Å². The second kappa shape index (κ2) is 6.55. The number of ether oxygens (including phenoxy) is 1. The molecule has 0 radical (unpaired) electrons. The van der Waals surface area contributed by atoms with E-state index in [4.69, 9.17) is 4.74 Å². The van der Waals surface area contributed by atoms with Crippen molar-refractivity contribution < 1.29 is 4.74 Å². The molecule has 0 bridgehead atoms. The van der Waals surface area contributed by atoms with Gasteiger partial charge in [-0.05, 0) is 52.0 Å². The van der Waals surface area contributed by atoms with Crippen LogP contribution in [0.5, 0.6) is 0 Å².